The summed E-state index contributed by atoms with van der Waals surface area (Å²) in [4.78, 5) is 26.6. The predicted molar refractivity (Wildman–Crippen MR) is 107 cm³/mol. The second-order valence-electron chi connectivity index (χ2n) is 10.7. The lowest BCUT2D eigenvalue weighted by Crippen LogP contribution is -2.57. The fourth-order valence-corrected chi connectivity index (χ4v) is 6.39. The second-order valence-corrected chi connectivity index (χ2v) is 10.7. The first-order valence-electron chi connectivity index (χ1n) is 11.1. The van der Waals surface area contributed by atoms with Crippen LogP contribution in [0, 0.1) is 11.8 Å². The van der Waals surface area contributed by atoms with Crippen LogP contribution in [0.25, 0.3) is 0 Å². The van der Waals surface area contributed by atoms with Gasteiger partial charge in [-0.2, -0.15) is 0 Å². The van der Waals surface area contributed by atoms with Gasteiger partial charge in [0.1, 0.15) is 0 Å². The fourth-order valence-electron chi connectivity index (χ4n) is 6.39. The van der Waals surface area contributed by atoms with Crippen LogP contribution >= 0.6 is 0 Å². The highest BCUT2D eigenvalue weighted by molar-refractivity contribution is 5.84. The van der Waals surface area contributed by atoms with Gasteiger partial charge in [0.2, 0.25) is 11.8 Å². The van der Waals surface area contributed by atoms with Crippen LogP contribution in [-0.4, -0.2) is 35.3 Å². The number of piperidine rings is 1. The maximum absolute atomic E-state index is 13.0. The molecule has 148 valence electrons. The number of amides is 2. The zero-order valence-corrected chi connectivity index (χ0v) is 16.8. The Morgan fingerprint density at radius 2 is 1.75 bits per heavy atom. The first kappa shape index (κ1) is 17.1. The Hall–Kier alpha value is -1.84. The largest absolute Gasteiger partial charge is 0.351 e. The van der Waals surface area contributed by atoms with Crippen LogP contribution < -0.4 is 5.32 Å². The van der Waals surface area contributed by atoms with Crippen LogP contribution in [-0.2, 0) is 20.4 Å². The molecule has 2 unspecified atom stereocenters. The minimum absolute atomic E-state index is 0.0452. The van der Waals surface area contributed by atoms with E-state index < -0.39 is 0 Å². The third-order valence-electron chi connectivity index (χ3n) is 8.83. The summed E-state index contributed by atoms with van der Waals surface area (Å²) in [6, 6.07) is 9.45. The molecule has 5 fully saturated rings. The highest BCUT2D eigenvalue weighted by Gasteiger charge is 2.59. The topological polar surface area (TPSA) is 49.4 Å². The molecular formula is C24H30N2O2. The van der Waals surface area contributed by atoms with Crippen LogP contribution in [0.15, 0.2) is 24.3 Å². The van der Waals surface area contributed by atoms with Crippen molar-refractivity contribution in [3.8, 4) is 0 Å². The van der Waals surface area contributed by atoms with Crippen LogP contribution in [0.2, 0.25) is 0 Å². The van der Waals surface area contributed by atoms with Crippen molar-refractivity contribution in [3.63, 3.8) is 0 Å². The molecule has 28 heavy (non-hydrogen) atoms. The van der Waals surface area contributed by atoms with Gasteiger partial charge in [0, 0.05) is 36.4 Å². The van der Waals surface area contributed by atoms with Gasteiger partial charge < -0.3 is 10.2 Å². The van der Waals surface area contributed by atoms with Gasteiger partial charge in [-0.15, -0.1) is 0 Å². The second kappa shape index (κ2) is 5.40. The summed E-state index contributed by atoms with van der Waals surface area (Å²) >= 11 is 0. The van der Waals surface area contributed by atoms with E-state index >= 15 is 0 Å². The van der Waals surface area contributed by atoms with Gasteiger partial charge >= 0.3 is 0 Å². The minimum Gasteiger partial charge on any atom is -0.351 e. The lowest BCUT2D eigenvalue weighted by atomic mass is 9.67. The molecule has 6 rings (SSSR count). The quantitative estimate of drug-likeness (QED) is 0.877. The summed E-state index contributed by atoms with van der Waals surface area (Å²) in [5.41, 5.74) is 3.72. The molecule has 3 aliphatic carbocycles. The number of nitrogens with one attached hydrogen (secondary N) is 1. The lowest BCUT2D eigenvalue weighted by molar-refractivity contribution is -0.143. The Morgan fingerprint density at radius 3 is 2.36 bits per heavy atom. The molecule has 2 atom stereocenters. The van der Waals surface area contributed by atoms with Crippen molar-refractivity contribution in [3.05, 3.63) is 35.4 Å². The van der Waals surface area contributed by atoms with Gasteiger partial charge in [0.25, 0.3) is 0 Å². The van der Waals surface area contributed by atoms with Crippen molar-refractivity contribution in [1.29, 1.82) is 0 Å². The van der Waals surface area contributed by atoms with Crippen molar-refractivity contribution in [2.45, 2.75) is 74.7 Å². The summed E-state index contributed by atoms with van der Waals surface area (Å²) in [5.74, 6) is 1.26. The molecule has 1 aromatic carbocycles. The Balaban J connectivity index is 1.09. The Kier molecular flexibility index (Phi) is 3.29. The van der Waals surface area contributed by atoms with Gasteiger partial charge in [-0.1, -0.05) is 31.2 Å². The molecule has 0 radical (unpaired) electrons. The number of hydrogen-bond donors (Lipinski definition) is 1. The molecule has 1 aromatic rings. The smallest absolute Gasteiger partial charge is 0.225 e. The van der Waals surface area contributed by atoms with E-state index in [1.165, 1.54) is 30.4 Å². The summed E-state index contributed by atoms with van der Waals surface area (Å²) in [6.07, 6.45) is 8.23. The molecule has 2 amide bonds. The maximum atomic E-state index is 13.0. The normalized spacial score (nSPS) is 39.9. The number of benzene rings is 1. The molecule has 4 heteroatoms. The number of hydrogen-bond acceptors (Lipinski definition) is 2. The average Bonchev–Trinajstić information content (AvgIpc) is 3.56. The summed E-state index contributed by atoms with van der Waals surface area (Å²) in [5, 5.41) is 3.11. The molecule has 0 aromatic heterocycles. The summed E-state index contributed by atoms with van der Waals surface area (Å²) < 4.78 is 0. The van der Waals surface area contributed by atoms with E-state index in [-0.39, 0.29) is 17.4 Å². The van der Waals surface area contributed by atoms with Crippen LogP contribution in [0.5, 0.6) is 0 Å². The lowest BCUT2D eigenvalue weighted by Gasteiger charge is -2.46. The van der Waals surface area contributed by atoms with E-state index in [0.29, 0.717) is 29.1 Å². The first-order valence-corrected chi connectivity index (χ1v) is 11.1. The predicted octanol–water partition coefficient (Wildman–Crippen LogP) is 3.29. The molecule has 3 saturated carbocycles. The molecule has 0 bridgehead atoms. The van der Waals surface area contributed by atoms with Crippen molar-refractivity contribution in [1.82, 2.24) is 10.2 Å². The van der Waals surface area contributed by atoms with Gasteiger partial charge in [0.05, 0.1) is 0 Å². The van der Waals surface area contributed by atoms with Gasteiger partial charge in [-0.25, -0.2) is 0 Å². The third-order valence-corrected chi connectivity index (χ3v) is 8.83. The van der Waals surface area contributed by atoms with Crippen molar-refractivity contribution < 1.29 is 9.59 Å². The highest BCUT2D eigenvalue weighted by Crippen LogP contribution is 2.60. The maximum Gasteiger partial charge on any atom is 0.225 e. The molecule has 2 saturated heterocycles. The van der Waals surface area contributed by atoms with Gasteiger partial charge in [-0.05, 0) is 67.4 Å². The molecule has 5 aliphatic rings. The van der Waals surface area contributed by atoms with Gasteiger partial charge in [-0.3, -0.25) is 9.59 Å². The summed E-state index contributed by atoms with van der Waals surface area (Å²) in [7, 11) is 0. The van der Waals surface area contributed by atoms with Crippen molar-refractivity contribution >= 4 is 11.8 Å². The van der Waals surface area contributed by atoms with E-state index in [4.69, 9.17) is 0 Å². The van der Waals surface area contributed by atoms with E-state index in [1.807, 2.05) is 0 Å². The number of nitrogens with zero attached hydrogens (tertiary/aromatic N) is 1. The number of likely N-dealkylation sites (tertiary alicyclic amines) is 1. The van der Waals surface area contributed by atoms with Gasteiger partial charge in [0.15, 0.2) is 0 Å². The molecule has 4 nitrogen and oxygen atoms in total. The highest BCUT2D eigenvalue weighted by atomic mass is 16.2. The Bertz CT molecular complexity index is 850. The Morgan fingerprint density at radius 1 is 1.04 bits per heavy atom. The van der Waals surface area contributed by atoms with E-state index in [9.17, 15) is 9.59 Å². The molecule has 1 N–H and O–H groups in total. The molecular weight excluding hydrogens is 348 g/mol. The standard InChI is InChI=1S/C24H30N2O2/c1-22(8-9-22)17-2-4-18(5-3-17)24-10-11-26(15-19(24)14-24)21(28)16-12-23(13-16)7-6-20(27)25-23/h2-5,16,19H,6-15H2,1H3,(H,25,27)/t16-,19?,23+,24?. The van der Waals surface area contributed by atoms with E-state index in [1.54, 1.807) is 0 Å². The molecule has 2 heterocycles. The number of carbonyl (C=O) groups is 2. The van der Waals surface area contributed by atoms with E-state index in [0.717, 1.165) is 38.8 Å². The molecule has 2 aliphatic heterocycles. The monoisotopic (exact) mass is 378 g/mol. The first-order chi connectivity index (χ1) is 13.4. The average molecular weight is 379 g/mol. The van der Waals surface area contributed by atoms with Crippen molar-refractivity contribution in [2.75, 3.05) is 13.1 Å². The summed E-state index contributed by atoms with van der Waals surface area (Å²) in [6.45, 7) is 4.19. The SMILES string of the molecule is CC1(c2ccc(C34CCN(C(=O)[C@H]5C[C@]6(CCC(=O)N6)C5)CC3C4)cc2)CC1. The van der Waals surface area contributed by atoms with Crippen LogP contribution in [0.3, 0.4) is 0 Å². The zero-order valence-electron chi connectivity index (χ0n) is 16.8. The number of carbonyl (C=O) groups excluding carboxylic acids is 2. The number of fused-ring (bicyclic) bond motifs is 1. The Labute approximate surface area is 167 Å². The zero-order chi connectivity index (χ0) is 19.1. The van der Waals surface area contributed by atoms with Crippen LogP contribution in [0.4, 0.5) is 0 Å². The van der Waals surface area contributed by atoms with E-state index in [2.05, 4.69) is 41.4 Å². The van der Waals surface area contributed by atoms with Crippen molar-refractivity contribution in [2.24, 2.45) is 11.8 Å². The molecule has 1 spiro atoms. The van der Waals surface area contributed by atoms with Crippen LogP contribution in [0.1, 0.15) is 69.4 Å². The minimum atomic E-state index is -0.0452. The fraction of sp³-hybridized carbons (Fsp3) is 0.667. The third kappa shape index (κ3) is 2.42. The number of rotatable bonds is 3.